The van der Waals surface area contributed by atoms with Gasteiger partial charge < -0.3 is 9.84 Å². The molecular formula is C23H18BrNO4S. The van der Waals surface area contributed by atoms with Gasteiger partial charge in [-0.05, 0) is 48.2 Å². The molecule has 1 N–H and O–H groups in total. The number of hydrogen-bond donors (Lipinski definition) is 1. The molecule has 2 heterocycles. The van der Waals surface area contributed by atoms with E-state index in [4.69, 9.17) is 4.74 Å². The number of amides is 1. The molecule has 0 aliphatic carbocycles. The molecular weight excluding hydrogens is 466 g/mol. The van der Waals surface area contributed by atoms with Crippen LogP contribution in [0.4, 0.5) is 5.69 Å². The van der Waals surface area contributed by atoms with Crippen molar-refractivity contribution < 1.29 is 19.4 Å². The molecule has 0 bridgehead atoms. The van der Waals surface area contributed by atoms with Gasteiger partial charge in [-0.25, -0.2) is 0 Å². The Balaban J connectivity index is 1.94. The molecule has 1 saturated heterocycles. The molecule has 0 radical (unpaired) electrons. The molecule has 1 atom stereocenters. The molecule has 1 aliphatic rings. The molecule has 7 heteroatoms. The van der Waals surface area contributed by atoms with E-state index in [1.807, 2.05) is 18.4 Å². The topological polar surface area (TPSA) is 66.8 Å². The summed E-state index contributed by atoms with van der Waals surface area (Å²) in [6.07, 6.45) is 0. The van der Waals surface area contributed by atoms with Crippen LogP contribution < -0.4 is 9.64 Å². The van der Waals surface area contributed by atoms with Crippen LogP contribution >= 0.6 is 27.3 Å². The molecule has 1 amide bonds. The zero-order valence-electron chi connectivity index (χ0n) is 16.3. The summed E-state index contributed by atoms with van der Waals surface area (Å²) in [7, 11) is 1.54. The molecule has 1 aliphatic heterocycles. The first kappa shape index (κ1) is 20.4. The Hall–Kier alpha value is -2.90. The van der Waals surface area contributed by atoms with Gasteiger partial charge in [-0.15, -0.1) is 11.3 Å². The quantitative estimate of drug-likeness (QED) is 0.304. The van der Waals surface area contributed by atoms with Crippen LogP contribution in [0.25, 0.3) is 5.76 Å². The number of nitrogens with zero attached hydrogens (tertiary/aromatic N) is 1. The van der Waals surface area contributed by atoms with Crippen LogP contribution in [0.2, 0.25) is 0 Å². The van der Waals surface area contributed by atoms with Gasteiger partial charge in [-0.3, -0.25) is 14.5 Å². The Kier molecular flexibility index (Phi) is 5.49. The summed E-state index contributed by atoms with van der Waals surface area (Å²) in [6.45, 7) is 1.93. The van der Waals surface area contributed by atoms with Crippen molar-refractivity contribution >= 4 is 50.4 Å². The molecule has 2 aromatic carbocycles. The summed E-state index contributed by atoms with van der Waals surface area (Å²) in [5.41, 5.74) is 2.03. The third kappa shape index (κ3) is 3.44. The molecule has 5 nitrogen and oxygen atoms in total. The average Bonchev–Trinajstić information content (AvgIpc) is 3.28. The van der Waals surface area contributed by atoms with Gasteiger partial charge in [0.25, 0.3) is 11.7 Å². The van der Waals surface area contributed by atoms with Gasteiger partial charge >= 0.3 is 0 Å². The molecule has 0 spiro atoms. The van der Waals surface area contributed by atoms with Crippen LogP contribution in [-0.2, 0) is 9.59 Å². The van der Waals surface area contributed by atoms with E-state index in [1.54, 1.807) is 55.6 Å². The lowest BCUT2D eigenvalue weighted by molar-refractivity contribution is -0.132. The van der Waals surface area contributed by atoms with Crippen molar-refractivity contribution in [3.05, 3.63) is 86.0 Å². The number of ether oxygens (including phenoxy) is 1. The van der Waals surface area contributed by atoms with E-state index in [2.05, 4.69) is 15.9 Å². The first-order valence-electron chi connectivity index (χ1n) is 9.17. The number of rotatable bonds is 4. The third-order valence-electron chi connectivity index (χ3n) is 5.04. The zero-order chi connectivity index (χ0) is 21.4. The van der Waals surface area contributed by atoms with Crippen LogP contribution in [0.3, 0.4) is 0 Å². The van der Waals surface area contributed by atoms with Gasteiger partial charge in [0, 0.05) is 26.7 Å². The molecule has 30 heavy (non-hydrogen) atoms. The van der Waals surface area contributed by atoms with Crippen LogP contribution in [0.1, 0.15) is 22.0 Å². The van der Waals surface area contributed by atoms with E-state index < -0.39 is 17.7 Å². The predicted octanol–water partition coefficient (Wildman–Crippen LogP) is 5.45. The monoisotopic (exact) mass is 483 g/mol. The molecule has 1 aromatic heterocycles. The number of carbonyl (C=O) groups is 2. The van der Waals surface area contributed by atoms with E-state index in [1.165, 1.54) is 16.2 Å². The minimum atomic E-state index is -0.722. The second-order valence-corrected chi connectivity index (χ2v) is 8.71. The highest BCUT2D eigenvalue weighted by Gasteiger charge is 2.48. The van der Waals surface area contributed by atoms with Gasteiger partial charge in [0.15, 0.2) is 0 Å². The Morgan fingerprint density at radius 2 is 1.87 bits per heavy atom. The van der Waals surface area contributed by atoms with Gasteiger partial charge in [0.2, 0.25) is 0 Å². The van der Waals surface area contributed by atoms with E-state index in [0.29, 0.717) is 17.0 Å². The van der Waals surface area contributed by atoms with Crippen LogP contribution in [0.5, 0.6) is 5.75 Å². The Labute approximate surface area is 186 Å². The van der Waals surface area contributed by atoms with Gasteiger partial charge in [0.1, 0.15) is 17.6 Å². The molecule has 1 fully saturated rings. The van der Waals surface area contributed by atoms with Crippen molar-refractivity contribution in [2.75, 3.05) is 12.0 Å². The van der Waals surface area contributed by atoms with Crippen LogP contribution in [0, 0.1) is 6.92 Å². The fourth-order valence-electron chi connectivity index (χ4n) is 3.54. The summed E-state index contributed by atoms with van der Waals surface area (Å²) in [5, 5.41) is 13.0. The number of anilines is 1. The third-order valence-corrected chi connectivity index (χ3v) is 6.64. The number of aliphatic hydroxyl groups excluding tert-OH is 1. The standard InChI is InChI=1S/C23H18BrNO4S/c1-13-10-11-30-22(13)19-18(20(26)14-6-8-15(24)9-7-14)21(27)23(28)25(19)16-4-3-5-17(12-16)29-2/h3-12,19,26H,1-2H3/b20-18-. The molecule has 3 aromatic rings. The first-order chi connectivity index (χ1) is 14.4. The van der Waals surface area contributed by atoms with Crippen molar-refractivity contribution in [1.29, 1.82) is 0 Å². The lowest BCUT2D eigenvalue weighted by Gasteiger charge is -2.25. The lowest BCUT2D eigenvalue weighted by Crippen LogP contribution is -2.29. The largest absolute Gasteiger partial charge is 0.507 e. The van der Waals surface area contributed by atoms with Crippen molar-refractivity contribution in [3.8, 4) is 5.75 Å². The summed E-state index contributed by atoms with van der Waals surface area (Å²) >= 11 is 4.82. The van der Waals surface area contributed by atoms with Crippen molar-refractivity contribution in [2.45, 2.75) is 13.0 Å². The number of aryl methyl sites for hydroxylation is 1. The molecule has 4 rings (SSSR count). The summed E-state index contributed by atoms with van der Waals surface area (Å²) in [4.78, 5) is 28.5. The molecule has 1 unspecified atom stereocenters. The van der Waals surface area contributed by atoms with Crippen LogP contribution in [0.15, 0.2) is 70.0 Å². The first-order valence-corrected chi connectivity index (χ1v) is 10.8. The predicted molar refractivity (Wildman–Crippen MR) is 121 cm³/mol. The van der Waals surface area contributed by atoms with E-state index in [9.17, 15) is 14.7 Å². The number of methoxy groups -OCH3 is 1. The Morgan fingerprint density at radius 3 is 2.50 bits per heavy atom. The number of benzene rings is 2. The number of hydrogen-bond acceptors (Lipinski definition) is 5. The lowest BCUT2D eigenvalue weighted by atomic mass is 9.98. The zero-order valence-corrected chi connectivity index (χ0v) is 18.7. The fraction of sp³-hybridized carbons (Fsp3) is 0.130. The van der Waals surface area contributed by atoms with E-state index in [-0.39, 0.29) is 11.3 Å². The molecule has 152 valence electrons. The summed E-state index contributed by atoms with van der Waals surface area (Å²) in [6, 6.07) is 15.2. The maximum atomic E-state index is 13.1. The highest BCUT2D eigenvalue weighted by molar-refractivity contribution is 9.10. The van der Waals surface area contributed by atoms with Gasteiger partial charge in [0.05, 0.1) is 12.7 Å². The van der Waals surface area contributed by atoms with Crippen molar-refractivity contribution in [2.24, 2.45) is 0 Å². The highest BCUT2D eigenvalue weighted by atomic mass is 79.9. The van der Waals surface area contributed by atoms with Crippen molar-refractivity contribution in [3.63, 3.8) is 0 Å². The normalized spacial score (nSPS) is 18.1. The van der Waals surface area contributed by atoms with E-state index in [0.717, 1.165) is 14.9 Å². The Bertz CT molecular complexity index is 1170. The fourth-order valence-corrected chi connectivity index (χ4v) is 4.82. The number of carbonyl (C=O) groups excluding carboxylic acids is 2. The number of halogens is 1. The minimum absolute atomic E-state index is 0.0793. The Morgan fingerprint density at radius 1 is 1.13 bits per heavy atom. The summed E-state index contributed by atoms with van der Waals surface area (Å²) < 4.78 is 6.14. The van der Waals surface area contributed by atoms with E-state index >= 15 is 0 Å². The van der Waals surface area contributed by atoms with Gasteiger partial charge in [-0.1, -0.05) is 34.1 Å². The van der Waals surface area contributed by atoms with Gasteiger partial charge in [-0.2, -0.15) is 0 Å². The molecule has 0 saturated carbocycles. The maximum Gasteiger partial charge on any atom is 0.300 e. The number of aliphatic hydroxyl groups is 1. The second kappa shape index (κ2) is 8.08. The smallest absolute Gasteiger partial charge is 0.300 e. The maximum absolute atomic E-state index is 13.1. The van der Waals surface area contributed by atoms with Crippen LogP contribution in [-0.4, -0.2) is 23.9 Å². The average molecular weight is 484 g/mol. The second-order valence-electron chi connectivity index (χ2n) is 6.85. The van der Waals surface area contributed by atoms with Crippen molar-refractivity contribution in [1.82, 2.24) is 0 Å². The summed E-state index contributed by atoms with van der Waals surface area (Å²) in [5.74, 6) is -1.01. The SMILES string of the molecule is COc1cccc(N2C(=O)C(=O)/C(=C(\O)c3ccc(Br)cc3)C2c2sccc2C)c1. The number of ketones is 1. The highest BCUT2D eigenvalue weighted by Crippen LogP contribution is 2.45. The minimum Gasteiger partial charge on any atom is -0.507 e. The number of Topliss-reactive ketones (excluding diaryl/α,β-unsaturated/α-hetero) is 1. The number of thiophene rings is 1.